The minimum Gasteiger partial charge on any atom is -0.383 e. The number of ether oxygens (including phenoxy) is 1. The molecule has 9 nitrogen and oxygen atoms in total. The lowest BCUT2D eigenvalue weighted by Crippen LogP contribution is -2.45. The number of anilines is 1. The van der Waals surface area contributed by atoms with E-state index in [2.05, 4.69) is 15.1 Å². The number of pyridine rings is 2. The predicted molar refractivity (Wildman–Crippen MR) is 124 cm³/mol. The number of hydrogen-bond acceptors (Lipinski definition) is 7. The summed E-state index contributed by atoms with van der Waals surface area (Å²) in [6.07, 6.45) is -2.32. The van der Waals surface area contributed by atoms with Crippen LogP contribution in [-0.2, 0) is 24.5 Å². The van der Waals surface area contributed by atoms with Gasteiger partial charge >= 0.3 is 6.18 Å². The van der Waals surface area contributed by atoms with Gasteiger partial charge in [-0.15, -0.1) is 0 Å². The molecule has 0 unspecified atom stereocenters. The van der Waals surface area contributed by atoms with Crippen LogP contribution in [0.2, 0.25) is 0 Å². The molecule has 0 bridgehead atoms. The molecule has 0 aliphatic rings. The van der Waals surface area contributed by atoms with Crippen LogP contribution in [0.1, 0.15) is 21.6 Å². The second-order valence-corrected chi connectivity index (χ2v) is 8.15. The number of fused-ring (bicyclic) bond motifs is 3. The Morgan fingerprint density at radius 1 is 1.19 bits per heavy atom. The van der Waals surface area contributed by atoms with E-state index in [4.69, 9.17) is 10.5 Å². The second kappa shape index (κ2) is 9.66. The number of alkyl halides is 3. The largest absolute Gasteiger partial charge is 0.417 e. The molecule has 0 radical (unpaired) electrons. The van der Waals surface area contributed by atoms with Crippen LogP contribution in [0.5, 0.6) is 0 Å². The summed E-state index contributed by atoms with van der Waals surface area (Å²) >= 11 is 0. The fourth-order valence-electron chi connectivity index (χ4n) is 3.81. The molecule has 36 heavy (non-hydrogen) atoms. The van der Waals surface area contributed by atoms with Gasteiger partial charge in [0.15, 0.2) is 0 Å². The van der Waals surface area contributed by atoms with Crippen molar-refractivity contribution in [1.82, 2.24) is 29.8 Å². The first-order valence-electron chi connectivity index (χ1n) is 10.8. The Bertz CT molecular complexity index is 1420. The lowest BCUT2D eigenvalue weighted by atomic mass is 10.1. The van der Waals surface area contributed by atoms with Gasteiger partial charge in [0.2, 0.25) is 0 Å². The van der Waals surface area contributed by atoms with E-state index in [1.165, 1.54) is 35.5 Å². The minimum absolute atomic E-state index is 0.179. The standard InChI is InChI=1S/C23H23F4N7O2/c1-32(6-7-36-3)34(12-14-5-4-13(10-29-14)23(25,26)27)22(35)15-8-16-19(9-18(15)24)31-21(28)17-11-30-33(2)20(16)17/h4-5,8-11H,6-7,12H2,1-3H3,(H2,28,31). The maximum atomic E-state index is 15.2. The number of nitrogens with zero attached hydrogens (tertiary/aromatic N) is 6. The van der Waals surface area contributed by atoms with E-state index in [1.807, 2.05) is 0 Å². The van der Waals surface area contributed by atoms with E-state index in [-0.39, 0.29) is 42.3 Å². The maximum absolute atomic E-state index is 15.2. The first kappa shape index (κ1) is 25.3. The molecule has 0 aliphatic heterocycles. The summed E-state index contributed by atoms with van der Waals surface area (Å²) in [5.41, 5.74) is 5.83. The van der Waals surface area contributed by atoms with Crippen molar-refractivity contribution in [3.63, 3.8) is 0 Å². The quantitative estimate of drug-likeness (QED) is 0.303. The zero-order chi connectivity index (χ0) is 26.2. The fourth-order valence-corrected chi connectivity index (χ4v) is 3.81. The van der Waals surface area contributed by atoms with E-state index >= 15 is 4.39 Å². The van der Waals surface area contributed by atoms with Gasteiger partial charge in [0.25, 0.3) is 5.91 Å². The van der Waals surface area contributed by atoms with E-state index in [9.17, 15) is 18.0 Å². The van der Waals surface area contributed by atoms with Crippen LogP contribution in [0.15, 0.2) is 36.7 Å². The first-order valence-corrected chi connectivity index (χ1v) is 10.8. The average Bonchev–Trinajstić information content (AvgIpc) is 3.22. The number of amides is 1. The number of aryl methyl sites for hydroxylation is 1. The zero-order valence-corrected chi connectivity index (χ0v) is 19.7. The Labute approximate surface area is 203 Å². The second-order valence-electron chi connectivity index (χ2n) is 8.15. The molecule has 0 fully saturated rings. The number of nitrogen functional groups attached to an aromatic ring is 1. The monoisotopic (exact) mass is 505 g/mol. The van der Waals surface area contributed by atoms with Crippen molar-refractivity contribution in [2.45, 2.75) is 12.7 Å². The number of carbonyl (C=O) groups excluding carboxylic acids is 1. The molecule has 190 valence electrons. The number of methoxy groups -OCH3 is 1. The summed E-state index contributed by atoms with van der Waals surface area (Å²) in [6.45, 7) is 0.303. The summed E-state index contributed by atoms with van der Waals surface area (Å²) < 4.78 is 60.6. The van der Waals surface area contributed by atoms with Gasteiger partial charge in [0.1, 0.15) is 11.6 Å². The molecular formula is C23H23F4N7O2. The number of aromatic nitrogens is 4. The number of benzene rings is 1. The van der Waals surface area contributed by atoms with E-state index in [1.54, 1.807) is 18.8 Å². The van der Waals surface area contributed by atoms with Gasteiger partial charge in [-0.3, -0.25) is 19.5 Å². The third-order valence-electron chi connectivity index (χ3n) is 5.76. The van der Waals surface area contributed by atoms with Crippen molar-refractivity contribution in [3.05, 3.63) is 59.3 Å². The maximum Gasteiger partial charge on any atom is 0.417 e. The van der Waals surface area contributed by atoms with Crippen LogP contribution in [0.3, 0.4) is 0 Å². The van der Waals surface area contributed by atoms with Gasteiger partial charge in [-0.1, -0.05) is 0 Å². The molecule has 4 rings (SSSR count). The number of rotatable bonds is 7. The smallest absolute Gasteiger partial charge is 0.383 e. The number of nitrogens with two attached hydrogens (primary N) is 1. The van der Waals surface area contributed by atoms with Crippen molar-refractivity contribution in [2.24, 2.45) is 7.05 Å². The molecule has 1 amide bonds. The van der Waals surface area contributed by atoms with Gasteiger partial charge < -0.3 is 10.5 Å². The molecule has 13 heteroatoms. The van der Waals surface area contributed by atoms with Crippen LogP contribution in [0, 0.1) is 5.82 Å². The Kier molecular flexibility index (Phi) is 6.78. The molecule has 1 aromatic carbocycles. The van der Waals surface area contributed by atoms with Crippen molar-refractivity contribution in [2.75, 3.05) is 33.0 Å². The molecule has 2 N–H and O–H groups in total. The van der Waals surface area contributed by atoms with Gasteiger partial charge in [0, 0.05) is 45.4 Å². The van der Waals surface area contributed by atoms with Gasteiger partial charge in [0.05, 0.1) is 52.6 Å². The highest BCUT2D eigenvalue weighted by molar-refractivity contribution is 6.10. The van der Waals surface area contributed by atoms with Crippen LogP contribution < -0.4 is 5.73 Å². The molecule has 4 aromatic rings. The number of likely N-dealkylation sites (N-methyl/N-ethyl adjacent to an activating group) is 1. The Morgan fingerprint density at radius 2 is 1.94 bits per heavy atom. The Hall–Kier alpha value is -3.84. The van der Waals surface area contributed by atoms with E-state index < -0.39 is 23.5 Å². The molecule has 0 atom stereocenters. The molecule has 3 aromatic heterocycles. The van der Waals surface area contributed by atoms with Crippen molar-refractivity contribution < 1.29 is 27.1 Å². The van der Waals surface area contributed by atoms with Crippen molar-refractivity contribution in [1.29, 1.82) is 0 Å². The number of halogens is 4. The van der Waals surface area contributed by atoms with Crippen LogP contribution in [0.25, 0.3) is 21.8 Å². The van der Waals surface area contributed by atoms with Crippen molar-refractivity contribution in [3.8, 4) is 0 Å². The van der Waals surface area contributed by atoms with Gasteiger partial charge in [-0.25, -0.2) is 14.4 Å². The molecule has 0 aliphatic carbocycles. The normalized spacial score (nSPS) is 12.1. The molecule has 0 saturated carbocycles. The minimum atomic E-state index is -4.54. The van der Waals surface area contributed by atoms with Crippen LogP contribution in [-0.4, -0.2) is 63.0 Å². The number of hydrogen-bond donors (Lipinski definition) is 1. The summed E-state index contributed by atoms with van der Waals surface area (Å²) in [4.78, 5) is 21.7. The molecule has 0 saturated heterocycles. The highest BCUT2D eigenvalue weighted by Crippen LogP contribution is 2.31. The number of hydrazine groups is 1. The number of carbonyl (C=O) groups is 1. The fraction of sp³-hybridized carbons (Fsp3) is 0.304. The Balaban J connectivity index is 1.76. The lowest BCUT2D eigenvalue weighted by molar-refractivity contribution is -0.137. The first-order chi connectivity index (χ1) is 17.0. The summed E-state index contributed by atoms with van der Waals surface area (Å²) in [6, 6.07) is 4.55. The SMILES string of the molecule is COCCN(C)N(Cc1ccc(C(F)(F)F)cn1)C(=O)c1cc2c(cc1F)nc(N)c1cnn(C)c12. The third-order valence-corrected chi connectivity index (χ3v) is 5.76. The third kappa shape index (κ3) is 4.79. The predicted octanol–water partition coefficient (Wildman–Crippen LogP) is 3.39. The van der Waals surface area contributed by atoms with Crippen LogP contribution >= 0.6 is 0 Å². The van der Waals surface area contributed by atoms with Crippen molar-refractivity contribution >= 4 is 33.5 Å². The zero-order valence-electron chi connectivity index (χ0n) is 19.7. The van der Waals surface area contributed by atoms with Gasteiger partial charge in [-0.05, 0) is 18.2 Å². The topological polar surface area (TPSA) is 102 Å². The van der Waals surface area contributed by atoms with Gasteiger partial charge in [-0.2, -0.15) is 18.3 Å². The highest BCUT2D eigenvalue weighted by Gasteiger charge is 2.31. The average molecular weight is 505 g/mol. The van der Waals surface area contributed by atoms with E-state index in [0.29, 0.717) is 22.5 Å². The molecular weight excluding hydrogens is 482 g/mol. The summed E-state index contributed by atoms with van der Waals surface area (Å²) in [5, 5.41) is 7.89. The van der Waals surface area contributed by atoms with Crippen LogP contribution in [0.4, 0.5) is 23.4 Å². The summed E-state index contributed by atoms with van der Waals surface area (Å²) in [5.74, 6) is -1.37. The lowest BCUT2D eigenvalue weighted by Gasteiger charge is -2.32. The molecule has 0 spiro atoms. The highest BCUT2D eigenvalue weighted by atomic mass is 19.4. The molecule has 3 heterocycles. The Morgan fingerprint density at radius 3 is 2.58 bits per heavy atom. The summed E-state index contributed by atoms with van der Waals surface area (Å²) in [7, 11) is 4.76. The van der Waals surface area contributed by atoms with E-state index in [0.717, 1.165) is 12.1 Å².